The second-order valence-corrected chi connectivity index (χ2v) is 12.3. The van der Waals surface area contributed by atoms with Crippen LogP contribution >= 0.6 is 0 Å². The summed E-state index contributed by atoms with van der Waals surface area (Å²) < 4.78 is 11.5. The number of carbonyl (C=O) groups is 2. The molecule has 2 saturated heterocycles. The Balaban J connectivity index is 1.01. The van der Waals surface area contributed by atoms with Crippen molar-refractivity contribution in [3.63, 3.8) is 0 Å². The smallest absolute Gasteiger partial charge is 0.253 e. The van der Waals surface area contributed by atoms with Crippen LogP contribution in [-0.4, -0.2) is 76.9 Å². The molecule has 3 fully saturated rings. The van der Waals surface area contributed by atoms with Gasteiger partial charge in [0.1, 0.15) is 6.29 Å². The average molecular weight is 573 g/mol. The van der Waals surface area contributed by atoms with Crippen LogP contribution in [-0.2, 0) is 21.6 Å². The fraction of sp³-hybridized carbons (Fsp3) is 0.500. The third kappa shape index (κ3) is 6.25. The SMILES string of the molecule is CC(C)(COCc1ccccc1)c1nc(-c2ccc(C(=O)N3CCN(C4NC(=O)C5CCCCC5N4)CC3)cc2)no1. The van der Waals surface area contributed by atoms with Crippen LogP contribution in [0.1, 0.15) is 61.3 Å². The molecule has 10 nitrogen and oxygen atoms in total. The van der Waals surface area contributed by atoms with E-state index in [2.05, 4.69) is 25.7 Å². The predicted molar refractivity (Wildman–Crippen MR) is 157 cm³/mol. The molecule has 0 bridgehead atoms. The van der Waals surface area contributed by atoms with Gasteiger partial charge in [-0.3, -0.25) is 19.8 Å². The van der Waals surface area contributed by atoms with Crippen LogP contribution in [0, 0.1) is 5.92 Å². The van der Waals surface area contributed by atoms with E-state index in [0.29, 0.717) is 56.7 Å². The van der Waals surface area contributed by atoms with E-state index in [0.717, 1.165) is 30.4 Å². The van der Waals surface area contributed by atoms with Crippen LogP contribution in [0.3, 0.4) is 0 Å². The standard InChI is InChI=1S/C32H40N6O4/c1-32(2,21-41-20-22-8-4-3-5-9-22)30-34-27(36-42-30)23-12-14-24(15-13-23)29(40)37-16-18-38(19-17-37)31-33-26-11-7-6-10-25(26)28(39)35-31/h3-5,8-9,12-15,25-26,31,33H,6-7,10-11,16-21H2,1-2H3,(H,35,39). The summed E-state index contributed by atoms with van der Waals surface area (Å²) in [6, 6.07) is 17.7. The number of hydrogen-bond donors (Lipinski definition) is 2. The van der Waals surface area contributed by atoms with Crippen molar-refractivity contribution < 1.29 is 18.8 Å². The lowest BCUT2D eigenvalue weighted by Gasteiger charge is -2.46. The number of nitrogens with zero attached hydrogens (tertiary/aromatic N) is 4. The van der Waals surface area contributed by atoms with Gasteiger partial charge in [-0.15, -0.1) is 0 Å². The summed E-state index contributed by atoms with van der Waals surface area (Å²) in [5, 5.41) is 11.0. The molecule has 0 spiro atoms. The summed E-state index contributed by atoms with van der Waals surface area (Å²) in [7, 11) is 0. The monoisotopic (exact) mass is 572 g/mol. The number of piperazine rings is 1. The zero-order valence-electron chi connectivity index (χ0n) is 24.4. The minimum Gasteiger partial charge on any atom is -0.376 e. The number of rotatable bonds is 8. The van der Waals surface area contributed by atoms with Crippen molar-refractivity contribution in [3.8, 4) is 11.4 Å². The number of fused-ring (bicyclic) bond motifs is 1. The minimum atomic E-state index is -0.452. The Morgan fingerprint density at radius 2 is 1.76 bits per heavy atom. The van der Waals surface area contributed by atoms with Crippen LogP contribution < -0.4 is 10.6 Å². The van der Waals surface area contributed by atoms with Crippen molar-refractivity contribution in [2.45, 2.75) is 63.9 Å². The normalized spacial score (nSPS) is 23.3. The maximum Gasteiger partial charge on any atom is 0.253 e. The highest BCUT2D eigenvalue weighted by molar-refractivity contribution is 5.94. The molecule has 2 aliphatic heterocycles. The Morgan fingerprint density at radius 3 is 2.52 bits per heavy atom. The van der Waals surface area contributed by atoms with Crippen molar-refractivity contribution in [2.75, 3.05) is 32.8 Å². The predicted octanol–water partition coefficient (Wildman–Crippen LogP) is 3.55. The van der Waals surface area contributed by atoms with Gasteiger partial charge in [0.25, 0.3) is 5.91 Å². The van der Waals surface area contributed by atoms with E-state index in [9.17, 15) is 9.59 Å². The van der Waals surface area contributed by atoms with Crippen molar-refractivity contribution in [1.82, 2.24) is 30.6 Å². The lowest BCUT2D eigenvalue weighted by Crippen LogP contribution is -2.69. The number of carbonyl (C=O) groups excluding carboxylic acids is 2. The first-order chi connectivity index (χ1) is 20.4. The maximum absolute atomic E-state index is 13.3. The zero-order chi connectivity index (χ0) is 29.1. The lowest BCUT2D eigenvalue weighted by atomic mass is 9.82. The number of hydrogen-bond acceptors (Lipinski definition) is 8. The molecule has 10 heteroatoms. The molecule has 42 heavy (non-hydrogen) atoms. The van der Waals surface area contributed by atoms with Gasteiger partial charge in [0.15, 0.2) is 0 Å². The van der Waals surface area contributed by atoms with E-state index in [4.69, 9.17) is 9.26 Å². The van der Waals surface area contributed by atoms with Crippen molar-refractivity contribution in [3.05, 3.63) is 71.6 Å². The van der Waals surface area contributed by atoms with Crippen molar-refractivity contribution >= 4 is 11.8 Å². The van der Waals surface area contributed by atoms with Crippen LogP contribution in [0.5, 0.6) is 0 Å². The van der Waals surface area contributed by atoms with E-state index < -0.39 is 5.41 Å². The summed E-state index contributed by atoms with van der Waals surface area (Å²) in [4.78, 5) is 34.7. The van der Waals surface area contributed by atoms with Gasteiger partial charge in [-0.05, 0) is 44.4 Å². The van der Waals surface area contributed by atoms with Gasteiger partial charge < -0.3 is 19.5 Å². The third-order valence-corrected chi connectivity index (χ3v) is 8.69. The topological polar surface area (TPSA) is 113 Å². The van der Waals surface area contributed by atoms with Gasteiger partial charge >= 0.3 is 0 Å². The number of ether oxygens (including phenoxy) is 1. The Kier molecular flexibility index (Phi) is 8.37. The molecule has 1 aromatic heterocycles. The van der Waals surface area contributed by atoms with Crippen LogP contribution in [0.15, 0.2) is 59.1 Å². The molecule has 2 aromatic carbocycles. The lowest BCUT2D eigenvalue weighted by molar-refractivity contribution is -0.134. The molecule has 3 aromatic rings. The highest BCUT2D eigenvalue weighted by atomic mass is 16.5. The molecule has 2 N–H and O–H groups in total. The van der Waals surface area contributed by atoms with E-state index in [1.807, 2.05) is 73.3 Å². The van der Waals surface area contributed by atoms with Gasteiger partial charge in [-0.1, -0.05) is 60.5 Å². The summed E-state index contributed by atoms with van der Waals surface area (Å²) in [6.07, 6.45) is 4.16. The largest absolute Gasteiger partial charge is 0.376 e. The van der Waals surface area contributed by atoms with Crippen LogP contribution in [0.2, 0.25) is 0 Å². The van der Waals surface area contributed by atoms with Crippen molar-refractivity contribution in [2.24, 2.45) is 5.92 Å². The maximum atomic E-state index is 13.3. The van der Waals surface area contributed by atoms with E-state index in [1.54, 1.807) is 0 Å². The highest BCUT2D eigenvalue weighted by Gasteiger charge is 2.40. The number of amides is 2. The Bertz CT molecular complexity index is 1370. The highest BCUT2D eigenvalue weighted by Crippen LogP contribution is 2.28. The Morgan fingerprint density at radius 1 is 1.02 bits per heavy atom. The second kappa shape index (κ2) is 12.3. The summed E-state index contributed by atoms with van der Waals surface area (Å²) in [5.74, 6) is 1.24. The quantitative estimate of drug-likeness (QED) is 0.422. The summed E-state index contributed by atoms with van der Waals surface area (Å²) in [5.41, 5.74) is 2.07. The van der Waals surface area contributed by atoms with E-state index in [-0.39, 0.29) is 30.1 Å². The molecular weight excluding hydrogens is 532 g/mol. The number of benzene rings is 2. The first-order valence-electron chi connectivity index (χ1n) is 15.0. The second-order valence-electron chi connectivity index (χ2n) is 12.3. The van der Waals surface area contributed by atoms with E-state index >= 15 is 0 Å². The van der Waals surface area contributed by atoms with Crippen LogP contribution in [0.4, 0.5) is 0 Å². The molecule has 222 valence electrons. The molecule has 3 atom stereocenters. The van der Waals surface area contributed by atoms with Gasteiger partial charge in [-0.25, -0.2) is 0 Å². The minimum absolute atomic E-state index is 0.000294. The first kappa shape index (κ1) is 28.5. The fourth-order valence-electron chi connectivity index (χ4n) is 6.13. The molecule has 6 rings (SSSR count). The molecular formula is C32H40N6O4. The summed E-state index contributed by atoms with van der Waals surface area (Å²) >= 11 is 0. The molecule has 1 saturated carbocycles. The van der Waals surface area contributed by atoms with Gasteiger partial charge in [-0.2, -0.15) is 4.98 Å². The molecule has 3 heterocycles. The number of nitrogens with one attached hydrogen (secondary N) is 2. The zero-order valence-corrected chi connectivity index (χ0v) is 24.4. The molecule has 2 amide bonds. The third-order valence-electron chi connectivity index (χ3n) is 8.69. The molecule has 0 radical (unpaired) electrons. The Labute approximate surface area is 246 Å². The van der Waals surface area contributed by atoms with Gasteiger partial charge in [0.2, 0.25) is 17.6 Å². The average Bonchev–Trinajstić information content (AvgIpc) is 3.53. The van der Waals surface area contributed by atoms with Crippen LogP contribution in [0.25, 0.3) is 11.4 Å². The van der Waals surface area contributed by atoms with Crippen molar-refractivity contribution in [1.29, 1.82) is 0 Å². The number of aromatic nitrogens is 2. The first-order valence-corrected chi connectivity index (χ1v) is 15.0. The Hall–Kier alpha value is -3.60. The van der Waals surface area contributed by atoms with Gasteiger partial charge in [0.05, 0.1) is 24.5 Å². The molecule has 3 aliphatic rings. The summed E-state index contributed by atoms with van der Waals surface area (Å²) in [6.45, 7) is 7.62. The molecule has 1 aliphatic carbocycles. The fourth-order valence-corrected chi connectivity index (χ4v) is 6.13. The molecule has 3 unspecified atom stereocenters. The van der Waals surface area contributed by atoms with E-state index in [1.165, 1.54) is 6.42 Å². The van der Waals surface area contributed by atoms with Gasteiger partial charge in [0, 0.05) is 43.3 Å².